The number of rotatable bonds is 8. The molecule has 0 unspecified atom stereocenters. The predicted molar refractivity (Wildman–Crippen MR) is 106 cm³/mol. The standard InChI is InChI=1S/C22H22N2O4/c1-16(17-8-3-2-4-9-17)24-21(25)15-28-22(26)19-11-5-6-12-20(19)23-14-18-10-7-13-27-18/h2-13,16,23H,14-15H2,1H3,(H,24,25)/t16-/m0/s1. The fourth-order valence-electron chi connectivity index (χ4n) is 2.73. The van der Waals surface area contributed by atoms with Crippen LogP contribution in [0.3, 0.4) is 0 Å². The largest absolute Gasteiger partial charge is 0.467 e. The molecule has 0 bridgehead atoms. The van der Waals surface area contributed by atoms with Crippen LogP contribution in [0.4, 0.5) is 5.69 Å². The third kappa shape index (κ3) is 5.23. The van der Waals surface area contributed by atoms with Crippen LogP contribution in [-0.4, -0.2) is 18.5 Å². The first kappa shape index (κ1) is 19.2. The number of ether oxygens (including phenoxy) is 1. The quantitative estimate of drug-likeness (QED) is 0.581. The average Bonchev–Trinajstić information content (AvgIpc) is 3.25. The van der Waals surface area contributed by atoms with E-state index in [9.17, 15) is 9.59 Å². The van der Waals surface area contributed by atoms with Gasteiger partial charge in [-0.2, -0.15) is 0 Å². The van der Waals surface area contributed by atoms with Crippen LogP contribution < -0.4 is 10.6 Å². The lowest BCUT2D eigenvalue weighted by molar-refractivity contribution is -0.124. The van der Waals surface area contributed by atoms with Crippen molar-refractivity contribution in [3.05, 3.63) is 89.9 Å². The Morgan fingerprint density at radius 2 is 1.75 bits per heavy atom. The van der Waals surface area contributed by atoms with Gasteiger partial charge in [-0.15, -0.1) is 0 Å². The van der Waals surface area contributed by atoms with Gasteiger partial charge in [-0.1, -0.05) is 42.5 Å². The summed E-state index contributed by atoms with van der Waals surface area (Å²) in [4.78, 5) is 24.5. The monoisotopic (exact) mass is 378 g/mol. The number of amides is 1. The zero-order chi connectivity index (χ0) is 19.8. The van der Waals surface area contributed by atoms with Crippen molar-refractivity contribution in [2.24, 2.45) is 0 Å². The molecular formula is C22H22N2O4. The summed E-state index contributed by atoms with van der Waals surface area (Å²) in [7, 11) is 0. The van der Waals surface area contributed by atoms with E-state index in [1.54, 1.807) is 30.5 Å². The number of benzene rings is 2. The zero-order valence-electron chi connectivity index (χ0n) is 15.6. The second-order valence-electron chi connectivity index (χ2n) is 6.25. The Hall–Kier alpha value is -3.54. The molecule has 1 heterocycles. The number of furan rings is 1. The second-order valence-corrected chi connectivity index (χ2v) is 6.25. The van der Waals surface area contributed by atoms with Crippen LogP contribution in [-0.2, 0) is 16.1 Å². The predicted octanol–water partition coefficient (Wildman–Crippen LogP) is 3.93. The van der Waals surface area contributed by atoms with Crippen LogP contribution in [0.2, 0.25) is 0 Å². The first-order valence-electron chi connectivity index (χ1n) is 9.00. The van der Waals surface area contributed by atoms with Crippen LogP contribution >= 0.6 is 0 Å². The third-order valence-electron chi connectivity index (χ3n) is 4.19. The normalized spacial score (nSPS) is 11.5. The highest BCUT2D eigenvalue weighted by Crippen LogP contribution is 2.18. The molecule has 144 valence electrons. The number of hydrogen-bond donors (Lipinski definition) is 2. The Balaban J connectivity index is 1.53. The van der Waals surface area contributed by atoms with Gasteiger partial charge in [0, 0.05) is 5.69 Å². The summed E-state index contributed by atoms with van der Waals surface area (Å²) in [5.74, 6) is -0.173. The van der Waals surface area contributed by atoms with Crippen LogP contribution in [0, 0.1) is 0 Å². The van der Waals surface area contributed by atoms with Crippen LogP contribution in [0.25, 0.3) is 0 Å². The molecule has 1 aromatic heterocycles. The van der Waals surface area contributed by atoms with Gasteiger partial charge in [-0.05, 0) is 36.8 Å². The number of nitrogens with one attached hydrogen (secondary N) is 2. The van der Waals surface area contributed by atoms with Crippen molar-refractivity contribution in [3.8, 4) is 0 Å². The molecule has 1 amide bonds. The summed E-state index contributed by atoms with van der Waals surface area (Å²) in [6.45, 7) is 1.97. The van der Waals surface area contributed by atoms with Crippen molar-refractivity contribution in [1.82, 2.24) is 5.32 Å². The second kappa shape index (κ2) is 9.41. The van der Waals surface area contributed by atoms with Gasteiger partial charge in [-0.25, -0.2) is 4.79 Å². The highest BCUT2D eigenvalue weighted by Gasteiger charge is 2.16. The third-order valence-corrected chi connectivity index (χ3v) is 4.19. The van der Waals surface area contributed by atoms with E-state index in [-0.39, 0.29) is 18.6 Å². The fraction of sp³-hybridized carbons (Fsp3) is 0.182. The Labute approximate surface area is 163 Å². The van der Waals surface area contributed by atoms with Gasteiger partial charge in [0.05, 0.1) is 24.4 Å². The molecule has 1 atom stereocenters. The Morgan fingerprint density at radius 1 is 1.00 bits per heavy atom. The first-order chi connectivity index (χ1) is 13.6. The molecule has 0 saturated carbocycles. The minimum absolute atomic E-state index is 0.172. The average molecular weight is 378 g/mol. The van der Waals surface area contributed by atoms with E-state index in [1.165, 1.54) is 0 Å². The maximum atomic E-state index is 12.4. The molecule has 0 fully saturated rings. The lowest BCUT2D eigenvalue weighted by Gasteiger charge is -2.15. The van der Waals surface area contributed by atoms with Gasteiger partial charge in [-0.3, -0.25) is 4.79 Å². The van der Waals surface area contributed by atoms with E-state index < -0.39 is 5.97 Å². The molecule has 0 spiro atoms. The van der Waals surface area contributed by atoms with Crippen molar-refractivity contribution >= 4 is 17.6 Å². The van der Waals surface area contributed by atoms with Gasteiger partial charge in [0.2, 0.25) is 0 Å². The topological polar surface area (TPSA) is 80.6 Å². The maximum absolute atomic E-state index is 12.4. The van der Waals surface area contributed by atoms with E-state index in [4.69, 9.17) is 9.15 Å². The molecule has 28 heavy (non-hydrogen) atoms. The highest BCUT2D eigenvalue weighted by atomic mass is 16.5. The molecule has 0 aliphatic rings. The molecule has 0 saturated heterocycles. The molecular weight excluding hydrogens is 356 g/mol. The Morgan fingerprint density at radius 3 is 2.50 bits per heavy atom. The molecule has 0 radical (unpaired) electrons. The van der Waals surface area contributed by atoms with E-state index in [2.05, 4.69) is 10.6 Å². The van der Waals surface area contributed by atoms with Crippen LogP contribution in [0.5, 0.6) is 0 Å². The number of esters is 1. The van der Waals surface area contributed by atoms with Crippen LogP contribution in [0.1, 0.15) is 34.6 Å². The van der Waals surface area contributed by atoms with E-state index in [0.717, 1.165) is 11.3 Å². The molecule has 2 N–H and O–H groups in total. The summed E-state index contributed by atoms with van der Waals surface area (Å²) in [6, 6.07) is 20.0. The smallest absolute Gasteiger partial charge is 0.340 e. The fourth-order valence-corrected chi connectivity index (χ4v) is 2.73. The summed E-state index contributed by atoms with van der Waals surface area (Å²) < 4.78 is 10.5. The Kier molecular flexibility index (Phi) is 6.46. The van der Waals surface area contributed by atoms with Crippen LogP contribution in [0.15, 0.2) is 77.4 Å². The minimum atomic E-state index is -0.565. The van der Waals surface area contributed by atoms with Gasteiger partial charge >= 0.3 is 5.97 Å². The molecule has 6 heteroatoms. The molecule has 3 aromatic rings. The molecule has 0 aliphatic carbocycles. The van der Waals surface area contributed by atoms with E-state index in [1.807, 2.05) is 49.4 Å². The zero-order valence-corrected chi connectivity index (χ0v) is 15.6. The van der Waals surface area contributed by atoms with Crippen molar-refractivity contribution in [2.45, 2.75) is 19.5 Å². The lowest BCUT2D eigenvalue weighted by atomic mass is 10.1. The molecule has 2 aromatic carbocycles. The van der Waals surface area contributed by atoms with Gasteiger partial charge in [0.15, 0.2) is 6.61 Å². The van der Waals surface area contributed by atoms with Gasteiger partial charge in [0.25, 0.3) is 5.91 Å². The number of hydrogen-bond acceptors (Lipinski definition) is 5. The summed E-state index contributed by atoms with van der Waals surface area (Å²) in [6.07, 6.45) is 1.59. The van der Waals surface area contributed by atoms with E-state index in [0.29, 0.717) is 17.8 Å². The highest BCUT2D eigenvalue weighted by molar-refractivity contribution is 5.96. The van der Waals surface area contributed by atoms with Crippen molar-refractivity contribution in [3.63, 3.8) is 0 Å². The molecule has 6 nitrogen and oxygen atoms in total. The number of para-hydroxylation sites is 1. The summed E-state index contributed by atoms with van der Waals surface area (Å²) in [5.41, 5.74) is 1.95. The number of anilines is 1. The molecule has 0 aliphatic heterocycles. The summed E-state index contributed by atoms with van der Waals surface area (Å²) in [5, 5.41) is 5.96. The number of carbonyl (C=O) groups is 2. The van der Waals surface area contributed by atoms with E-state index >= 15 is 0 Å². The lowest BCUT2D eigenvalue weighted by Crippen LogP contribution is -2.31. The maximum Gasteiger partial charge on any atom is 0.340 e. The van der Waals surface area contributed by atoms with Crippen molar-refractivity contribution in [2.75, 3.05) is 11.9 Å². The minimum Gasteiger partial charge on any atom is -0.467 e. The first-order valence-corrected chi connectivity index (χ1v) is 9.00. The van der Waals surface area contributed by atoms with Gasteiger partial charge in [0.1, 0.15) is 5.76 Å². The number of carbonyl (C=O) groups excluding carboxylic acids is 2. The Bertz CT molecular complexity index is 907. The van der Waals surface area contributed by atoms with Gasteiger partial charge < -0.3 is 19.8 Å². The SMILES string of the molecule is C[C@H](NC(=O)COC(=O)c1ccccc1NCc1ccco1)c1ccccc1. The molecule has 3 rings (SSSR count). The summed E-state index contributed by atoms with van der Waals surface area (Å²) >= 11 is 0. The van der Waals surface area contributed by atoms with Crippen molar-refractivity contribution < 1.29 is 18.7 Å². The van der Waals surface area contributed by atoms with Crippen molar-refractivity contribution in [1.29, 1.82) is 0 Å².